The zero-order valence-electron chi connectivity index (χ0n) is 11.0. The molecule has 0 aromatic carbocycles. The van der Waals surface area contributed by atoms with Crippen LogP contribution >= 0.6 is 23.1 Å². The summed E-state index contributed by atoms with van der Waals surface area (Å²) in [5.74, 6) is 0. The molecular weight excluding hydrogens is 262 g/mol. The van der Waals surface area contributed by atoms with E-state index in [0.717, 1.165) is 18.5 Å². The summed E-state index contributed by atoms with van der Waals surface area (Å²) in [5.41, 5.74) is 8.48. The van der Waals surface area contributed by atoms with Crippen molar-refractivity contribution in [2.75, 3.05) is 0 Å². The number of aromatic nitrogens is 2. The highest BCUT2D eigenvalue weighted by atomic mass is 32.2. The Labute approximate surface area is 116 Å². The minimum atomic E-state index is 0.218. The molecule has 0 aliphatic rings. The molecule has 18 heavy (non-hydrogen) atoms. The molecule has 2 rings (SSSR count). The minimum absolute atomic E-state index is 0.218. The van der Waals surface area contributed by atoms with E-state index >= 15 is 0 Å². The van der Waals surface area contributed by atoms with Crippen molar-refractivity contribution in [3.05, 3.63) is 28.8 Å². The summed E-state index contributed by atoms with van der Waals surface area (Å²) in [7, 11) is 2.00. The fourth-order valence-corrected chi connectivity index (χ4v) is 3.78. The summed E-state index contributed by atoms with van der Waals surface area (Å²) in [6.45, 7) is 4.19. The lowest BCUT2D eigenvalue weighted by molar-refractivity contribution is 0.631. The molecule has 0 aliphatic heterocycles. The molecule has 98 valence electrons. The van der Waals surface area contributed by atoms with Gasteiger partial charge in [0, 0.05) is 18.7 Å². The van der Waals surface area contributed by atoms with Crippen LogP contribution < -0.4 is 5.73 Å². The van der Waals surface area contributed by atoms with E-state index in [1.807, 2.05) is 11.7 Å². The standard InChI is InChI=1S/C13H19N3S2/c1-4-10(14)8-11-9(2)15-16(3)13(11)18-12-6-5-7-17-12/h5-7,10H,4,8,14H2,1-3H3. The molecular formula is C13H19N3S2. The highest BCUT2D eigenvalue weighted by Gasteiger charge is 2.16. The van der Waals surface area contributed by atoms with Gasteiger partial charge in [0.25, 0.3) is 0 Å². The molecule has 0 aliphatic carbocycles. The molecule has 1 unspecified atom stereocenters. The Morgan fingerprint density at radius 1 is 1.56 bits per heavy atom. The van der Waals surface area contributed by atoms with Gasteiger partial charge in [-0.15, -0.1) is 11.3 Å². The van der Waals surface area contributed by atoms with Crippen LogP contribution in [-0.4, -0.2) is 15.8 Å². The Balaban J connectivity index is 2.27. The third-order valence-corrected chi connectivity index (χ3v) is 5.21. The lowest BCUT2D eigenvalue weighted by atomic mass is 10.1. The van der Waals surface area contributed by atoms with E-state index in [1.54, 1.807) is 23.1 Å². The molecule has 2 aromatic rings. The van der Waals surface area contributed by atoms with Crippen molar-refractivity contribution in [3.63, 3.8) is 0 Å². The molecule has 2 heterocycles. The Morgan fingerprint density at radius 2 is 2.33 bits per heavy atom. The van der Waals surface area contributed by atoms with Crippen molar-refractivity contribution in [1.29, 1.82) is 0 Å². The van der Waals surface area contributed by atoms with Crippen LogP contribution in [0.15, 0.2) is 26.7 Å². The molecule has 2 N–H and O–H groups in total. The molecule has 1 atom stereocenters. The van der Waals surface area contributed by atoms with Gasteiger partial charge in [0.15, 0.2) is 0 Å². The van der Waals surface area contributed by atoms with Crippen LogP contribution in [0.3, 0.4) is 0 Å². The normalized spacial score (nSPS) is 12.9. The summed E-state index contributed by atoms with van der Waals surface area (Å²) in [6, 6.07) is 4.44. The van der Waals surface area contributed by atoms with Gasteiger partial charge in [-0.1, -0.05) is 24.8 Å². The molecule has 0 saturated carbocycles. The zero-order valence-corrected chi connectivity index (χ0v) is 12.6. The molecule has 0 spiro atoms. The zero-order chi connectivity index (χ0) is 13.1. The number of hydrogen-bond donors (Lipinski definition) is 1. The van der Waals surface area contributed by atoms with Gasteiger partial charge >= 0.3 is 0 Å². The van der Waals surface area contributed by atoms with Gasteiger partial charge in [0.1, 0.15) is 5.03 Å². The van der Waals surface area contributed by atoms with Crippen molar-refractivity contribution in [2.24, 2.45) is 12.8 Å². The minimum Gasteiger partial charge on any atom is -0.327 e. The second-order valence-electron chi connectivity index (χ2n) is 4.40. The Bertz CT molecular complexity index is 503. The van der Waals surface area contributed by atoms with Gasteiger partial charge < -0.3 is 5.73 Å². The van der Waals surface area contributed by atoms with Crippen molar-refractivity contribution in [1.82, 2.24) is 9.78 Å². The molecule has 3 nitrogen and oxygen atoms in total. The van der Waals surface area contributed by atoms with Crippen LogP contribution in [0, 0.1) is 6.92 Å². The maximum Gasteiger partial charge on any atom is 0.103 e. The van der Waals surface area contributed by atoms with Crippen LogP contribution in [-0.2, 0) is 13.5 Å². The topological polar surface area (TPSA) is 43.8 Å². The van der Waals surface area contributed by atoms with E-state index < -0.39 is 0 Å². The lowest BCUT2D eigenvalue weighted by Crippen LogP contribution is -2.21. The number of nitrogens with two attached hydrogens (primary N) is 1. The largest absolute Gasteiger partial charge is 0.327 e. The average Bonchev–Trinajstić information content (AvgIpc) is 2.93. The summed E-state index contributed by atoms with van der Waals surface area (Å²) in [6.07, 6.45) is 1.90. The van der Waals surface area contributed by atoms with Crippen LogP contribution in [0.2, 0.25) is 0 Å². The molecule has 0 radical (unpaired) electrons. The SMILES string of the molecule is CCC(N)Cc1c(C)nn(C)c1Sc1cccs1. The van der Waals surface area contributed by atoms with Crippen molar-refractivity contribution in [2.45, 2.75) is 42.0 Å². The summed E-state index contributed by atoms with van der Waals surface area (Å²) >= 11 is 3.54. The van der Waals surface area contributed by atoms with E-state index in [2.05, 4.69) is 36.5 Å². The van der Waals surface area contributed by atoms with Gasteiger partial charge in [-0.3, -0.25) is 4.68 Å². The molecule has 0 fully saturated rings. The molecule has 5 heteroatoms. The van der Waals surface area contributed by atoms with Crippen LogP contribution in [0.5, 0.6) is 0 Å². The van der Waals surface area contributed by atoms with Gasteiger partial charge in [-0.2, -0.15) is 5.10 Å². The summed E-state index contributed by atoms with van der Waals surface area (Å²) in [4.78, 5) is 0. The fraction of sp³-hybridized carbons (Fsp3) is 0.462. The Morgan fingerprint density at radius 3 is 2.94 bits per heavy atom. The molecule has 0 saturated heterocycles. The predicted molar refractivity (Wildman–Crippen MR) is 78.4 cm³/mol. The number of nitrogens with zero attached hydrogens (tertiary/aromatic N) is 2. The molecule has 2 aromatic heterocycles. The van der Waals surface area contributed by atoms with Gasteiger partial charge in [0.05, 0.1) is 9.90 Å². The van der Waals surface area contributed by atoms with E-state index in [4.69, 9.17) is 5.73 Å². The lowest BCUT2D eigenvalue weighted by Gasteiger charge is -2.10. The first kappa shape index (κ1) is 13.6. The first-order chi connectivity index (χ1) is 8.61. The quantitative estimate of drug-likeness (QED) is 0.915. The van der Waals surface area contributed by atoms with Gasteiger partial charge in [-0.05, 0) is 31.2 Å². The van der Waals surface area contributed by atoms with Crippen molar-refractivity contribution >= 4 is 23.1 Å². The second-order valence-corrected chi connectivity index (χ2v) is 6.64. The smallest absolute Gasteiger partial charge is 0.103 e. The van der Waals surface area contributed by atoms with Crippen LogP contribution in [0.1, 0.15) is 24.6 Å². The average molecular weight is 281 g/mol. The Kier molecular flexibility index (Phi) is 4.48. The van der Waals surface area contributed by atoms with E-state index in [9.17, 15) is 0 Å². The third-order valence-electron chi connectivity index (χ3n) is 2.97. The first-order valence-electron chi connectivity index (χ1n) is 6.11. The number of thiophene rings is 1. The summed E-state index contributed by atoms with van der Waals surface area (Å²) in [5, 5.41) is 7.85. The summed E-state index contributed by atoms with van der Waals surface area (Å²) < 4.78 is 3.27. The van der Waals surface area contributed by atoms with Crippen LogP contribution in [0.4, 0.5) is 0 Å². The van der Waals surface area contributed by atoms with Gasteiger partial charge in [-0.25, -0.2) is 0 Å². The second kappa shape index (κ2) is 5.91. The highest BCUT2D eigenvalue weighted by Crippen LogP contribution is 2.34. The van der Waals surface area contributed by atoms with Crippen molar-refractivity contribution in [3.8, 4) is 0 Å². The maximum atomic E-state index is 6.08. The van der Waals surface area contributed by atoms with E-state index in [0.29, 0.717) is 0 Å². The molecule has 0 amide bonds. The predicted octanol–water partition coefficient (Wildman–Crippen LogP) is 3.22. The van der Waals surface area contributed by atoms with Crippen LogP contribution in [0.25, 0.3) is 0 Å². The fourth-order valence-electron chi connectivity index (χ4n) is 1.87. The number of hydrogen-bond acceptors (Lipinski definition) is 4. The number of aryl methyl sites for hydroxylation is 2. The molecule has 0 bridgehead atoms. The van der Waals surface area contributed by atoms with E-state index in [-0.39, 0.29) is 6.04 Å². The van der Waals surface area contributed by atoms with E-state index in [1.165, 1.54) is 14.8 Å². The Hall–Kier alpha value is -0.780. The third kappa shape index (κ3) is 2.96. The first-order valence-corrected chi connectivity index (χ1v) is 7.80. The highest BCUT2D eigenvalue weighted by molar-refractivity contribution is 8.01. The monoisotopic (exact) mass is 281 g/mol. The van der Waals surface area contributed by atoms with Crippen molar-refractivity contribution < 1.29 is 0 Å². The van der Waals surface area contributed by atoms with Gasteiger partial charge in [0.2, 0.25) is 0 Å². The maximum absolute atomic E-state index is 6.08. The number of rotatable bonds is 5.